The predicted molar refractivity (Wildman–Crippen MR) is 82.9 cm³/mol. The molecule has 21 heavy (non-hydrogen) atoms. The fourth-order valence-corrected chi connectivity index (χ4v) is 5.11. The molecule has 2 rings (SSSR count). The van der Waals surface area contributed by atoms with Crippen molar-refractivity contribution in [1.29, 1.82) is 0 Å². The van der Waals surface area contributed by atoms with Crippen molar-refractivity contribution < 1.29 is 18.3 Å². The minimum atomic E-state index is -3.02. The molecular formula is C14H19NO4S2. The van der Waals surface area contributed by atoms with Gasteiger partial charge in [-0.3, -0.25) is 4.79 Å². The topological polar surface area (TPSA) is 83.5 Å². The van der Waals surface area contributed by atoms with Gasteiger partial charge in [-0.25, -0.2) is 8.42 Å². The van der Waals surface area contributed by atoms with Gasteiger partial charge in [0.05, 0.1) is 29.4 Å². The highest BCUT2D eigenvalue weighted by Crippen LogP contribution is 2.24. The molecule has 5 nitrogen and oxygen atoms in total. The summed E-state index contributed by atoms with van der Waals surface area (Å²) in [5.41, 5.74) is 0.185. The minimum Gasteiger partial charge on any atom is -0.392 e. The Hall–Kier alpha value is -1.05. The maximum Gasteiger partial charge on any atom is 0.230 e. The second-order valence-electron chi connectivity index (χ2n) is 5.54. The van der Waals surface area contributed by atoms with Crippen LogP contribution in [0.4, 0.5) is 0 Å². The fraction of sp³-hybridized carbons (Fsp3) is 0.500. The number of carbonyl (C=O) groups is 1. The molecule has 1 atom stereocenters. The van der Waals surface area contributed by atoms with Gasteiger partial charge in [-0.05, 0) is 31.0 Å². The van der Waals surface area contributed by atoms with Crippen LogP contribution in [-0.4, -0.2) is 42.2 Å². The zero-order valence-electron chi connectivity index (χ0n) is 11.8. The zero-order chi connectivity index (χ0) is 15.5. The summed E-state index contributed by atoms with van der Waals surface area (Å²) < 4.78 is 23.0. The van der Waals surface area contributed by atoms with E-state index in [1.807, 2.05) is 24.3 Å². The molecule has 1 aliphatic rings. The highest BCUT2D eigenvalue weighted by Gasteiger charge is 2.39. The number of hydrogen-bond acceptors (Lipinski definition) is 5. The van der Waals surface area contributed by atoms with Crippen LogP contribution in [0.15, 0.2) is 29.2 Å². The van der Waals surface area contributed by atoms with Crippen molar-refractivity contribution in [3.05, 3.63) is 29.8 Å². The molecule has 0 spiro atoms. The van der Waals surface area contributed by atoms with Crippen LogP contribution in [0, 0.1) is 0 Å². The van der Waals surface area contributed by atoms with E-state index in [4.69, 9.17) is 5.11 Å². The summed E-state index contributed by atoms with van der Waals surface area (Å²) in [7, 11) is -3.02. The van der Waals surface area contributed by atoms with Crippen molar-refractivity contribution in [3.8, 4) is 0 Å². The first-order valence-corrected chi connectivity index (χ1v) is 9.47. The summed E-state index contributed by atoms with van der Waals surface area (Å²) in [6.07, 6.45) is 0.469. The number of rotatable bonds is 5. The monoisotopic (exact) mass is 329 g/mol. The number of sulfone groups is 1. The van der Waals surface area contributed by atoms with E-state index in [2.05, 4.69) is 5.32 Å². The Morgan fingerprint density at radius 2 is 2.05 bits per heavy atom. The molecule has 0 bridgehead atoms. The van der Waals surface area contributed by atoms with Gasteiger partial charge in [0, 0.05) is 4.90 Å². The Morgan fingerprint density at radius 1 is 1.38 bits per heavy atom. The lowest BCUT2D eigenvalue weighted by Crippen LogP contribution is -2.47. The Balaban J connectivity index is 1.84. The average Bonchev–Trinajstić information content (AvgIpc) is 2.70. The molecule has 1 heterocycles. The molecule has 1 aromatic rings. The maximum atomic E-state index is 11.9. The quantitative estimate of drug-likeness (QED) is 0.786. The van der Waals surface area contributed by atoms with Gasteiger partial charge in [-0.2, -0.15) is 0 Å². The molecule has 1 amide bonds. The van der Waals surface area contributed by atoms with Crippen molar-refractivity contribution in [2.45, 2.75) is 30.4 Å². The molecule has 0 aromatic heterocycles. The summed E-state index contributed by atoms with van der Waals surface area (Å²) in [5.74, 6) is 0.237. The molecule has 1 aromatic carbocycles. The van der Waals surface area contributed by atoms with Crippen molar-refractivity contribution in [1.82, 2.24) is 5.32 Å². The van der Waals surface area contributed by atoms with E-state index in [-0.39, 0.29) is 29.8 Å². The summed E-state index contributed by atoms with van der Waals surface area (Å²) in [6, 6.07) is 7.33. The van der Waals surface area contributed by atoms with Crippen molar-refractivity contribution >= 4 is 27.5 Å². The van der Waals surface area contributed by atoms with Gasteiger partial charge in [-0.1, -0.05) is 12.1 Å². The molecular weight excluding hydrogens is 310 g/mol. The number of hydrogen-bond donors (Lipinski definition) is 2. The molecule has 7 heteroatoms. The first-order chi connectivity index (χ1) is 9.82. The Kier molecular flexibility index (Phi) is 4.95. The Bertz CT molecular complexity index is 612. The van der Waals surface area contributed by atoms with E-state index in [1.54, 1.807) is 6.92 Å². The van der Waals surface area contributed by atoms with Crippen LogP contribution in [0.5, 0.6) is 0 Å². The van der Waals surface area contributed by atoms with E-state index in [1.165, 1.54) is 11.8 Å². The molecule has 1 unspecified atom stereocenters. The van der Waals surface area contributed by atoms with Crippen LogP contribution in [0.25, 0.3) is 0 Å². The number of aliphatic hydroxyl groups is 1. The number of benzene rings is 1. The van der Waals surface area contributed by atoms with Gasteiger partial charge in [-0.15, -0.1) is 11.8 Å². The standard InChI is InChI=1S/C14H19NO4S2/c1-14(6-7-21(18,19)10-14)15-13(17)9-20-12-4-2-11(8-16)3-5-12/h2-5,16H,6-10H2,1H3,(H,15,17). The van der Waals surface area contributed by atoms with Gasteiger partial charge in [0.1, 0.15) is 0 Å². The summed E-state index contributed by atoms with van der Waals surface area (Å²) in [4.78, 5) is 12.9. The van der Waals surface area contributed by atoms with E-state index < -0.39 is 15.4 Å². The number of thioether (sulfide) groups is 1. The molecule has 0 saturated carbocycles. The summed E-state index contributed by atoms with van der Waals surface area (Å²) >= 11 is 1.39. The third-order valence-corrected chi connectivity index (χ3v) is 6.34. The largest absolute Gasteiger partial charge is 0.392 e. The molecule has 0 aliphatic carbocycles. The Labute approximate surface area is 129 Å². The van der Waals surface area contributed by atoms with Gasteiger partial charge in [0.15, 0.2) is 9.84 Å². The summed E-state index contributed by atoms with van der Waals surface area (Å²) in [5, 5.41) is 11.8. The Morgan fingerprint density at radius 3 is 2.57 bits per heavy atom. The highest BCUT2D eigenvalue weighted by atomic mass is 32.2. The van der Waals surface area contributed by atoms with Crippen LogP contribution >= 0.6 is 11.8 Å². The van der Waals surface area contributed by atoms with E-state index in [9.17, 15) is 13.2 Å². The predicted octanol–water partition coefficient (Wildman–Crippen LogP) is 0.964. The molecule has 1 aliphatic heterocycles. The normalized spacial score (nSPS) is 23.9. The lowest BCUT2D eigenvalue weighted by molar-refractivity contribution is -0.120. The molecule has 116 valence electrons. The van der Waals surface area contributed by atoms with Gasteiger partial charge in [0.2, 0.25) is 5.91 Å². The van der Waals surface area contributed by atoms with E-state index in [0.29, 0.717) is 6.42 Å². The van der Waals surface area contributed by atoms with Gasteiger partial charge < -0.3 is 10.4 Å². The fourth-order valence-electron chi connectivity index (χ4n) is 2.32. The van der Waals surface area contributed by atoms with Crippen LogP contribution in [0.3, 0.4) is 0 Å². The summed E-state index contributed by atoms with van der Waals surface area (Å²) in [6.45, 7) is 1.77. The first-order valence-electron chi connectivity index (χ1n) is 6.66. The second kappa shape index (κ2) is 6.37. The first kappa shape index (κ1) is 16.3. The number of aliphatic hydroxyl groups excluding tert-OH is 1. The van der Waals surface area contributed by atoms with Crippen LogP contribution in [0.2, 0.25) is 0 Å². The van der Waals surface area contributed by atoms with Crippen molar-refractivity contribution in [2.24, 2.45) is 0 Å². The smallest absolute Gasteiger partial charge is 0.230 e. The number of nitrogens with one attached hydrogen (secondary N) is 1. The third-order valence-electron chi connectivity index (χ3n) is 3.42. The zero-order valence-corrected chi connectivity index (χ0v) is 13.5. The molecule has 2 N–H and O–H groups in total. The lowest BCUT2D eigenvalue weighted by atomic mass is 10.0. The maximum absolute atomic E-state index is 11.9. The van der Waals surface area contributed by atoms with Crippen LogP contribution < -0.4 is 5.32 Å². The van der Waals surface area contributed by atoms with Crippen molar-refractivity contribution in [2.75, 3.05) is 17.3 Å². The third kappa shape index (κ3) is 4.72. The minimum absolute atomic E-state index is 0.00172. The number of amides is 1. The molecule has 1 fully saturated rings. The molecule has 0 radical (unpaired) electrons. The van der Waals surface area contributed by atoms with Crippen LogP contribution in [0.1, 0.15) is 18.9 Å². The van der Waals surface area contributed by atoms with Gasteiger partial charge >= 0.3 is 0 Å². The van der Waals surface area contributed by atoms with Gasteiger partial charge in [0.25, 0.3) is 0 Å². The second-order valence-corrected chi connectivity index (χ2v) is 8.77. The SMILES string of the molecule is CC1(NC(=O)CSc2ccc(CO)cc2)CCS(=O)(=O)C1. The highest BCUT2D eigenvalue weighted by molar-refractivity contribution is 8.00. The van der Waals surface area contributed by atoms with E-state index >= 15 is 0 Å². The number of carbonyl (C=O) groups excluding carboxylic acids is 1. The van der Waals surface area contributed by atoms with Crippen LogP contribution in [-0.2, 0) is 21.2 Å². The van der Waals surface area contributed by atoms with Crippen molar-refractivity contribution in [3.63, 3.8) is 0 Å². The lowest BCUT2D eigenvalue weighted by Gasteiger charge is -2.23. The average molecular weight is 329 g/mol. The van der Waals surface area contributed by atoms with E-state index in [0.717, 1.165) is 10.5 Å². The molecule has 1 saturated heterocycles.